The van der Waals surface area contributed by atoms with Gasteiger partial charge in [0.15, 0.2) is 17.4 Å². The molecule has 38 heavy (non-hydrogen) atoms. The maximum absolute atomic E-state index is 14.9. The van der Waals surface area contributed by atoms with E-state index in [1.807, 2.05) is 13.0 Å². The van der Waals surface area contributed by atoms with Gasteiger partial charge in [-0.3, -0.25) is 4.79 Å². The Morgan fingerprint density at radius 3 is 2.82 bits per heavy atom. The van der Waals surface area contributed by atoms with Crippen LogP contribution >= 0.6 is 0 Å². The average molecular weight is 520 g/mol. The zero-order valence-electron chi connectivity index (χ0n) is 19.8. The van der Waals surface area contributed by atoms with E-state index in [1.165, 1.54) is 30.7 Å². The van der Waals surface area contributed by atoms with Gasteiger partial charge in [-0.05, 0) is 31.2 Å². The number of aromatic amines is 1. The molecule has 1 atom stereocenters. The lowest BCUT2D eigenvalue weighted by Crippen LogP contribution is -2.25. The van der Waals surface area contributed by atoms with Crippen molar-refractivity contribution in [2.75, 3.05) is 6.61 Å². The number of carboxylic acid groups (broad SMARTS) is 1. The third-order valence-electron chi connectivity index (χ3n) is 6.70. The lowest BCUT2D eigenvalue weighted by molar-refractivity contribution is -0.136. The molecule has 6 rings (SSSR count). The molecular formula is C28H19F3N2O5. The minimum absolute atomic E-state index is 0.0205. The first kappa shape index (κ1) is 23.7. The molecule has 3 heterocycles. The van der Waals surface area contributed by atoms with Crippen LogP contribution in [0.5, 0.6) is 17.2 Å². The largest absolute Gasteiger partial charge is 0.492 e. The SMILES string of the molecule is C[C@]1(c2coc(-c3cc(Oc4c(F)cc5[nH]ccc5c4F)ccc3F)n2)COc2c(CC(=O)O)cccc21. The van der Waals surface area contributed by atoms with Gasteiger partial charge >= 0.3 is 5.97 Å². The number of para-hydroxylation sites is 1. The minimum atomic E-state index is -0.982. The van der Waals surface area contributed by atoms with Crippen molar-refractivity contribution < 1.29 is 37.0 Å². The summed E-state index contributed by atoms with van der Waals surface area (Å²) in [6.45, 7) is 2.04. The van der Waals surface area contributed by atoms with E-state index in [-0.39, 0.29) is 41.1 Å². The van der Waals surface area contributed by atoms with E-state index in [2.05, 4.69) is 9.97 Å². The van der Waals surface area contributed by atoms with Gasteiger partial charge in [-0.25, -0.2) is 18.2 Å². The second-order valence-corrected chi connectivity index (χ2v) is 9.21. The predicted molar refractivity (Wildman–Crippen MR) is 130 cm³/mol. The molecule has 1 aliphatic rings. The zero-order valence-corrected chi connectivity index (χ0v) is 19.8. The summed E-state index contributed by atoms with van der Waals surface area (Å²) < 4.78 is 61.2. The molecule has 2 aromatic heterocycles. The molecule has 10 heteroatoms. The van der Waals surface area contributed by atoms with E-state index in [1.54, 1.807) is 12.1 Å². The van der Waals surface area contributed by atoms with E-state index >= 15 is 0 Å². The maximum atomic E-state index is 14.9. The van der Waals surface area contributed by atoms with Gasteiger partial charge in [0.1, 0.15) is 30.2 Å². The summed E-state index contributed by atoms with van der Waals surface area (Å²) in [5, 5.41) is 9.36. The lowest BCUT2D eigenvalue weighted by atomic mass is 9.81. The van der Waals surface area contributed by atoms with Crippen molar-refractivity contribution in [3.05, 3.63) is 95.3 Å². The molecule has 0 radical (unpaired) electrons. The molecule has 7 nitrogen and oxygen atoms in total. The fraction of sp³-hybridized carbons (Fsp3) is 0.143. The van der Waals surface area contributed by atoms with Crippen LogP contribution in [0.1, 0.15) is 23.7 Å². The van der Waals surface area contributed by atoms with Crippen LogP contribution in [0.25, 0.3) is 22.4 Å². The van der Waals surface area contributed by atoms with Gasteiger partial charge in [0, 0.05) is 28.8 Å². The molecule has 0 saturated carbocycles. The topological polar surface area (TPSA) is 97.6 Å². The van der Waals surface area contributed by atoms with Crippen LogP contribution in [0, 0.1) is 17.5 Å². The average Bonchev–Trinajstić information content (AvgIpc) is 3.63. The van der Waals surface area contributed by atoms with E-state index in [0.29, 0.717) is 17.0 Å². The maximum Gasteiger partial charge on any atom is 0.307 e. The Morgan fingerprint density at radius 1 is 1.16 bits per heavy atom. The molecular weight excluding hydrogens is 501 g/mol. The fourth-order valence-corrected chi connectivity index (χ4v) is 4.70. The number of ether oxygens (including phenoxy) is 2. The second kappa shape index (κ2) is 8.69. The summed E-state index contributed by atoms with van der Waals surface area (Å²) in [5.74, 6) is -3.69. The zero-order chi connectivity index (χ0) is 26.6. The van der Waals surface area contributed by atoms with Crippen molar-refractivity contribution in [1.82, 2.24) is 9.97 Å². The Hall–Kier alpha value is -4.73. The first-order valence-corrected chi connectivity index (χ1v) is 11.6. The van der Waals surface area contributed by atoms with Gasteiger partial charge in [-0.1, -0.05) is 18.2 Å². The van der Waals surface area contributed by atoms with Crippen LogP contribution < -0.4 is 9.47 Å². The smallest absolute Gasteiger partial charge is 0.307 e. The van der Waals surface area contributed by atoms with Crippen LogP contribution in [0.4, 0.5) is 13.2 Å². The number of oxazole rings is 1. The van der Waals surface area contributed by atoms with Crippen LogP contribution in [0.15, 0.2) is 65.4 Å². The number of aromatic nitrogens is 2. The predicted octanol–water partition coefficient (Wildman–Crippen LogP) is 6.36. The molecule has 192 valence electrons. The third kappa shape index (κ3) is 3.76. The molecule has 0 saturated heterocycles. The van der Waals surface area contributed by atoms with Crippen molar-refractivity contribution in [1.29, 1.82) is 0 Å². The number of halogens is 3. The standard InChI is InChI=1S/C28H19F3N2O5/c1-28(13-37-25-14(9-23(34)35)3-2-4-18(25)28)22-12-36-27(33-22)17-10-15(5-6-19(17)29)38-26-20(30)11-21-16(24(26)31)7-8-32-21/h2-8,10-12,32H,9,13H2,1H3,(H,34,35)/t28-/m0/s1. The number of nitrogens with one attached hydrogen (secondary N) is 1. The van der Waals surface area contributed by atoms with E-state index in [9.17, 15) is 23.1 Å². The first-order chi connectivity index (χ1) is 18.2. The van der Waals surface area contributed by atoms with E-state index < -0.39 is 34.6 Å². The van der Waals surface area contributed by atoms with Gasteiger partial charge in [-0.2, -0.15) is 0 Å². The van der Waals surface area contributed by atoms with Crippen LogP contribution in [0.3, 0.4) is 0 Å². The third-order valence-corrected chi connectivity index (χ3v) is 6.70. The number of carboxylic acids is 1. The van der Waals surface area contributed by atoms with Crippen molar-refractivity contribution in [2.24, 2.45) is 0 Å². The highest BCUT2D eigenvalue weighted by Crippen LogP contribution is 2.45. The highest BCUT2D eigenvalue weighted by atomic mass is 19.1. The number of carbonyl (C=O) groups is 1. The molecule has 0 amide bonds. The fourth-order valence-electron chi connectivity index (χ4n) is 4.70. The summed E-state index contributed by atoms with van der Waals surface area (Å²) in [7, 11) is 0. The van der Waals surface area contributed by atoms with Crippen molar-refractivity contribution in [3.8, 4) is 28.7 Å². The number of H-pyrrole nitrogens is 1. The monoisotopic (exact) mass is 520 g/mol. The molecule has 2 N–H and O–H groups in total. The molecule has 0 fully saturated rings. The Bertz CT molecular complexity index is 1730. The van der Waals surface area contributed by atoms with Crippen molar-refractivity contribution in [2.45, 2.75) is 18.8 Å². The quantitative estimate of drug-likeness (QED) is 0.271. The molecule has 3 aromatic carbocycles. The molecule has 1 aliphatic heterocycles. The highest BCUT2D eigenvalue weighted by molar-refractivity contribution is 5.82. The Morgan fingerprint density at radius 2 is 2.00 bits per heavy atom. The number of aliphatic carboxylic acids is 1. The van der Waals surface area contributed by atoms with Crippen LogP contribution in [0.2, 0.25) is 0 Å². The van der Waals surface area contributed by atoms with Gasteiger partial charge in [0.2, 0.25) is 5.89 Å². The Balaban J connectivity index is 1.34. The molecule has 0 unspecified atom stereocenters. The number of hydrogen-bond acceptors (Lipinski definition) is 5. The van der Waals surface area contributed by atoms with Gasteiger partial charge in [0.25, 0.3) is 0 Å². The molecule has 0 aliphatic carbocycles. The summed E-state index contributed by atoms with van der Waals surface area (Å²) >= 11 is 0. The number of rotatable bonds is 6. The Labute approximate surface area is 213 Å². The molecule has 5 aromatic rings. The first-order valence-electron chi connectivity index (χ1n) is 11.6. The van der Waals surface area contributed by atoms with Gasteiger partial charge in [0.05, 0.1) is 28.6 Å². The number of hydrogen-bond donors (Lipinski definition) is 2. The normalized spacial score (nSPS) is 16.4. The summed E-state index contributed by atoms with van der Waals surface area (Å²) in [6, 6.07) is 11.4. The highest BCUT2D eigenvalue weighted by Gasteiger charge is 2.42. The molecule has 0 spiro atoms. The second-order valence-electron chi connectivity index (χ2n) is 9.21. The lowest BCUT2D eigenvalue weighted by Gasteiger charge is -2.19. The number of nitrogens with zero attached hydrogens (tertiary/aromatic N) is 1. The van der Waals surface area contributed by atoms with Gasteiger partial charge < -0.3 is 24.0 Å². The number of benzene rings is 3. The Kier molecular flexibility index (Phi) is 5.41. The van der Waals surface area contributed by atoms with Crippen LogP contribution in [-0.2, 0) is 16.6 Å². The summed E-state index contributed by atoms with van der Waals surface area (Å²) in [4.78, 5) is 18.5. The summed E-state index contributed by atoms with van der Waals surface area (Å²) in [6.07, 6.45) is 2.66. The van der Waals surface area contributed by atoms with E-state index in [4.69, 9.17) is 13.9 Å². The number of fused-ring (bicyclic) bond motifs is 2. The van der Waals surface area contributed by atoms with Crippen molar-refractivity contribution >= 4 is 16.9 Å². The van der Waals surface area contributed by atoms with E-state index in [0.717, 1.165) is 17.7 Å². The van der Waals surface area contributed by atoms with Crippen LogP contribution in [-0.4, -0.2) is 27.7 Å². The van der Waals surface area contributed by atoms with Crippen molar-refractivity contribution in [3.63, 3.8) is 0 Å². The molecule has 0 bridgehead atoms. The minimum Gasteiger partial charge on any atom is -0.492 e. The summed E-state index contributed by atoms with van der Waals surface area (Å²) in [5.41, 5.74) is 1.14. The van der Waals surface area contributed by atoms with Gasteiger partial charge in [-0.15, -0.1) is 0 Å².